The van der Waals surface area contributed by atoms with E-state index in [4.69, 9.17) is 9.84 Å². The Labute approximate surface area is 178 Å². The molecule has 10 heteroatoms. The van der Waals surface area contributed by atoms with Crippen LogP contribution in [0.2, 0.25) is 0 Å². The standard InChI is InChI=1S/C21H19FN2O6S/c1-23(31(28,29)18-7-5-17(22)6-8-18)12-15-4-9-20(30-14-21(25)26)19(11-15)16-3-2-10-24(27)13-16/h2-11,13H,12,14H2,1H3,(H,25,26). The van der Waals surface area contributed by atoms with Crippen LogP contribution in [0.25, 0.3) is 11.1 Å². The van der Waals surface area contributed by atoms with Crippen LogP contribution >= 0.6 is 0 Å². The molecule has 162 valence electrons. The van der Waals surface area contributed by atoms with Crippen molar-refractivity contribution in [1.29, 1.82) is 0 Å². The molecule has 1 heterocycles. The van der Waals surface area contributed by atoms with Gasteiger partial charge in [-0.1, -0.05) is 6.07 Å². The second-order valence-electron chi connectivity index (χ2n) is 6.68. The molecular formula is C21H19FN2O6S. The number of pyridine rings is 1. The van der Waals surface area contributed by atoms with Gasteiger partial charge in [0.2, 0.25) is 10.0 Å². The third-order valence-corrected chi connectivity index (χ3v) is 6.23. The van der Waals surface area contributed by atoms with Gasteiger partial charge < -0.3 is 15.1 Å². The number of carboxylic acid groups (broad SMARTS) is 1. The van der Waals surface area contributed by atoms with Crippen LogP contribution < -0.4 is 9.47 Å². The second kappa shape index (κ2) is 9.11. The van der Waals surface area contributed by atoms with Gasteiger partial charge in [-0.2, -0.15) is 9.04 Å². The van der Waals surface area contributed by atoms with Gasteiger partial charge in [-0.25, -0.2) is 17.6 Å². The first-order valence-electron chi connectivity index (χ1n) is 9.05. The molecule has 0 radical (unpaired) electrons. The summed E-state index contributed by atoms with van der Waals surface area (Å²) in [5.41, 5.74) is 1.49. The molecule has 0 aliphatic rings. The topological polar surface area (TPSA) is 111 Å². The molecule has 0 atom stereocenters. The van der Waals surface area contributed by atoms with Gasteiger partial charge >= 0.3 is 5.97 Å². The highest BCUT2D eigenvalue weighted by atomic mass is 32.2. The van der Waals surface area contributed by atoms with Crippen LogP contribution in [0.5, 0.6) is 5.75 Å². The van der Waals surface area contributed by atoms with Gasteiger partial charge in [0.05, 0.1) is 10.5 Å². The van der Waals surface area contributed by atoms with Crippen LogP contribution in [0, 0.1) is 11.0 Å². The second-order valence-corrected chi connectivity index (χ2v) is 8.73. The quantitative estimate of drug-likeness (QED) is 0.420. The zero-order valence-corrected chi connectivity index (χ0v) is 17.3. The molecule has 2 aromatic carbocycles. The molecular weight excluding hydrogens is 427 g/mol. The van der Waals surface area contributed by atoms with Gasteiger partial charge in [0.15, 0.2) is 19.0 Å². The molecule has 0 saturated carbocycles. The monoisotopic (exact) mass is 446 g/mol. The van der Waals surface area contributed by atoms with E-state index in [0.29, 0.717) is 21.4 Å². The molecule has 0 aliphatic heterocycles. The van der Waals surface area contributed by atoms with Crippen LogP contribution in [0.1, 0.15) is 5.56 Å². The van der Waals surface area contributed by atoms with Crippen LogP contribution in [-0.4, -0.2) is 37.5 Å². The van der Waals surface area contributed by atoms with Crippen LogP contribution in [0.15, 0.2) is 71.9 Å². The molecule has 0 fully saturated rings. The lowest BCUT2D eigenvalue weighted by Gasteiger charge is -2.19. The lowest BCUT2D eigenvalue weighted by atomic mass is 10.0. The van der Waals surface area contributed by atoms with Gasteiger partial charge in [-0.15, -0.1) is 0 Å². The number of carboxylic acids is 1. The normalized spacial score (nSPS) is 11.5. The number of carbonyl (C=O) groups is 1. The highest BCUT2D eigenvalue weighted by Gasteiger charge is 2.22. The lowest BCUT2D eigenvalue weighted by molar-refractivity contribution is -0.604. The highest BCUT2D eigenvalue weighted by molar-refractivity contribution is 7.89. The fourth-order valence-electron chi connectivity index (χ4n) is 2.91. The summed E-state index contributed by atoms with van der Waals surface area (Å²) in [7, 11) is -2.48. The summed E-state index contributed by atoms with van der Waals surface area (Å²) in [5, 5.41) is 20.6. The van der Waals surface area contributed by atoms with Gasteiger partial charge in [0, 0.05) is 25.2 Å². The Bertz CT molecular complexity index is 1200. The fourth-order valence-corrected chi connectivity index (χ4v) is 4.07. The van der Waals surface area contributed by atoms with E-state index in [1.54, 1.807) is 18.2 Å². The molecule has 0 unspecified atom stereocenters. The highest BCUT2D eigenvalue weighted by Crippen LogP contribution is 2.31. The minimum Gasteiger partial charge on any atom is -0.619 e. The predicted octanol–water partition coefficient (Wildman–Crippen LogP) is 2.41. The zero-order chi connectivity index (χ0) is 22.6. The van der Waals surface area contributed by atoms with Crippen LogP contribution in [-0.2, 0) is 21.4 Å². The minimum atomic E-state index is -3.87. The Morgan fingerprint density at radius 3 is 2.55 bits per heavy atom. The Hall–Kier alpha value is -3.50. The summed E-state index contributed by atoms with van der Waals surface area (Å²) in [5.74, 6) is -1.46. The summed E-state index contributed by atoms with van der Waals surface area (Å²) in [6, 6.07) is 12.4. The first-order valence-corrected chi connectivity index (χ1v) is 10.5. The van der Waals surface area contributed by atoms with E-state index in [9.17, 15) is 22.8 Å². The number of benzene rings is 2. The summed E-state index contributed by atoms with van der Waals surface area (Å²) >= 11 is 0. The van der Waals surface area contributed by atoms with Gasteiger partial charge in [-0.3, -0.25) is 0 Å². The van der Waals surface area contributed by atoms with E-state index in [1.165, 1.54) is 43.7 Å². The average Bonchev–Trinajstić information content (AvgIpc) is 2.73. The molecule has 3 aromatic rings. The number of hydrogen-bond donors (Lipinski definition) is 1. The van der Waals surface area contributed by atoms with Crippen molar-refractivity contribution < 1.29 is 32.2 Å². The maximum absolute atomic E-state index is 13.1. The third kappa shape index (κ3) is 5.36. The number of aliphatic carboxylic acids is 1. The van der Waals surface area contributed by atoms with Crippen molar-refractivity contribution >= 4 is 16.0 Å². The first-order chi connectivity index (χ1) is 14.7. The molecule has 0 bridgehead atoms. The Morgan fingerprint density at radius 2 is 1.90 bits per heavy atom. The smallest absolute Gasteiger partial charge is 0.341 e. The number of ether oxygens (including phenoxy) is 1. The number of hydrogen-bond acceptors (Lipinski definition) is 5. The summed E-state index contributed by atoms with van der Waals surface area (Å²) in [4.78, 5) is 10.8. The minimum absolute atomic E-state index is 0.0177. The van der Waals surface area contributed by atoms with E-state index in [0.717, 1.165) is 16.4 Å². The van der Waals surface area contributed by atoms with Gasteiger partial charge in [0.1, 0.15) is 11.6 Å². The van der Waals surface area contributed by atoms with Gasteiger partial charge in [0.25, 0.3) is 0 Å². The Kier molecular flexibility index (Phi) is 6.52. The van der Waals surface area contributed by atoms with Crippen molar-refractivity contribution in [2.75, 3.05) is 13.7 Å². The van der Waals surface area contributed by atoms with Crippen molar-refractivity contribution in [2.45, 2.75) is 11.4 Å². The molecule has 0 saturated heterocycles. The molecule has 1 aromatic heterocycles. The summed E-state index contributed by atoms with van der Waals surface area (Å²) < 4.78 is 45.7. The van der Waals surface area contributed by atoms with E-state index in [1.807, 2.05) is 0 Å². The maximum Gasteiger partial charge on any atom is 0.341 e. The number of nitrogens with zero attached hydrogens (tertiary/aromatic N) is 2. The van der Waals surface area contributed by atoms with E-state index in [2.05, 4.69) is 0 Å². The number of halogens is 1. The largest absolute Gasteiger partial charge is 0.619 e. The van der Waals surface area contributed by atoms with Crippen molar-refractivity contribution in [3.8, 4) is 16.9 Å². The molecule has 8 nitrogen and oxygen atoms in total. The van der Waals surface area contributed by atoms with E-state index < -0.39 is 28.4 Å². The number of rotatable bonds is 8. The number of sulfonamides is 1. The Balaban J connectivity index is 1.93. The molecule has 1 N–H and O–H groups in total. The van der Waals surface area contributed by atoms with Crippen molar-refractivity contribution in [2.24, 2.45) is 0 Å². The van der Waals surface area contributed by atoms with Crippen molar-refractivity contribution in [3.63, 3.8) is 0 Å². The van der Waals surface area contributed by atoms with E-state index >= 15 is 0 Å². The molecule has 31 heavy (non-hydrogen) atoms. The fraction of sp³-hybridized carbons (Fsp3) is 0.143. The predicted molar refractivity (Wildman–Crippen MR) is 109 cm³/mol. The Morgan fingerprint density at radius 1 is 1.19 bits per heavy atom. The third-order valence-electron chi connectivity index (χ3n) is 4.41. The van der Waals surface area contributed by atoms with E-state index in [-0.39, 0.29) is 17.2 Å². The van der Waals surface area contributed by atoms with Crippen LogP contribution in [0.3, 0.4) is 0 Å². The van der Waals surface area contributed by atoms with Crippen molar-refractivity contribution in [3.05, 3.63) is 83.6 Å². The zero-order valence-electron chi connectivity index (χ0n) is 16.4. The molecule has 3 rings (SSSR count). The van der Waals surface area contributed by atoms with Crippen molar-refractivity contribution in [1.82, 2.24) is 4.31 Å². The summed E-state index contributed by atoms with van der Waals surface area (Å²) in [6.07, 6.45) is 2.60. The molecule has 0 spiro atoms. The first kappa shape index (κ1) is 22.2. The number of aromatic nitrogens is 1. The lowest BCUT2D eigenvalue weighted by Crippen LogP contribution is -2.26. The maximum atomic E-state index is 13.1. The summed E-state index contributed by atoms with van der Waals surface area (Å²) in [6.45, 7) is -0.592. The average molecular weight is 446 g/mol. The van der Waals surface area contributed by atoms with Crippen LogP contribution in [0.4, 0.5) is 4.39 Å². The molecule has 0 aliphatic carbocycles. The van der Waals surface area contributed by atoms with Gasteiger partial charge in [-0.05, 0) is 48.0 Å². The molecule has 0 amide bonds. The SMILES string of the molecule is CN(Cc1ccc(OCC(=O)O)c(-c2ccc[n+]([O-])c2)c1)S(=O)(=O)c1ccc(F)cc1.